The number of ether oxygens (including phenoxy) is 1. The van der Waals surface area contributed by atoms with Gasteiger partial charge < -0.3 is 4.74 Å². The van der Waals surface area contributed by atoms with Crippen molar-refractivity contribution in [2.75, 3.05) is 0 Å². The van der Waals surface area contributed by atoms with E-state index in [4.69, 9.17) is 4.74 Å². The van der Waals surface area contributed by atoms with Crippen molar-refractivity contribution in [3.63, 3.8) is 0 Å². The second-order valence-electron chi connectivity index (χ2n) is 9.07. The van der Waals surface area contributed by atoms with Crippen molar-refractivity contribution < 1.29 is 13.5 Å². The Morgan fingerprint density at radius 1 is 0.697 bits per heavy atom. The maximum atomic E-state index is 14.0. The minimum absolute atomic E-state index is 0.168. The summed E-state index contributed by atoms with van der Waals surface area (Å²) in [5, 5.41) is 0. The van der Waals surface area contributed by atoms with E-state index in [0.717, 1.165) is 43.2 Å². The zero-order chi connectivity index (χ0) is 23.8. The number of unbranched alkanes of at least 4 members (excludes halogenated alkanes) is 11. The molecule has 0 fully saturated rings. The van der Waals surface area contributed by atoms with E-state index in [9.17, 15) is 8.78 Å². The number of rotatable bonds is 18. The minimum atomic E-state index is -3.14. The Kier molecular flexibility index (Phi) is 13.0. The molecule has 0 aliphatic rings. The molecule has 0 aliphatic heterocycles. The van der Waals surface area contributed by atoms with Crippen molar-refractivity contribution in [1.29, 1.82) is 0 Å². The largest absolute Gasteiger partial charge is 0.433 e. The molecule has 1 heterocycles. The van der Waals surface area contributed by atoms with Gasteiger partial charge >= 0.3 is 6.11 Å². The first kappa shape index (κ1) is 27.2. The van der Waals surface area contributed by atoms with Crippen LogP contribution in [0.2, 0.25) is 0 Å². The molecule has 0 spiro atoms. The molecule has 0 bridgehead atoms. The molecule has 0 saturated carbocycles. The number of hydrogen-bond acceptors (Lipinski definition) is 3. The highest BCUT2D eigenvalue weighted by Gasteiger charge is 2.30. The molecule has 0 atom stereocenters. The zero-order valence-electron chi connectivity index (χ0n) is 20.6. The SMILES string of the molecule is CCCCCCCCCCCc1cnc(-c2ccc(OC(F)(F)CCCCCC)cc2)nc1. The van der Waals surface area contributed by atoms with Gasteiger partial charge in [0, 0.05) is 18.0 Å². The third-order valence-corrected chi connectivity index (χ3v) is 5.98. The molecule has 0 N–H and O–H groups in total. The molecule has 0 amide bonds. The Labute approximate surface area is 199 Å². The number of halogens is 2. The van der Waals surface area contributed by atoms with Crippen molar-refractivity contribution in [2.45, 2.75) is 116 Å². The van der Waals surface area contributed by atoms with E-state index < -0.39 is 6.11 Å². The second kappa shape index (κ2) is 15.7. The molecule has 1 aromatic carbocycles. The fourth-order valence-corrected chi connectivity index (χ4v) is 3.93. The van der Waals surface area contributed by atoms with E-state index in [1.54, 1.807) is 24.3 Å². The van der Waals surface area contributed by atoms with Gasteiger partial charge in [-0.15, -0.1) is 0 Å². The first-order chi connectivity index (χ1) is 16.0. The molecule has 5 heteroatoms. The van der Waals surface area contributed by atoms with E-state index in [2.05, 4.69) is 23.8 Å². The lowest BCUT2D eigenvalue weighted by Crippen LogP contribution is -2.24. The first-order valence-corrected chi connectivity index (χ1v) is 13.0. The van der Waals surface area contributed by atoms with Crippen molar-refractivity contribution in [2.24, 2.45) is 0 Å². The van der Waals surface area contributed by atoms with Gasteiger partial charge in [0.05, 0.1) is 6.42 Å². The average Bonchev–Trinajstić information content (AvgIpc) is 2.81. The van der Waals surface area contributed by atoms with Gasteiger partial charge in [-0.1, -0.05) is 84.5 Å². The average molecular weight is 461 g/mol. The minimum Gasteiger partial charge on any atom is -0.433 e. The van der Waals surface area contributed by atoms with Crippen molar-refractivity contribution >= 4 is 0 Å². The number of hydrogen-bond donors (Lipinski definition) is 0. The number of aryl methyl sites for hydroxylation is 1. The zero-order valence-corrected chi connectivity index (χ0v) is 20.6. The van der Waals surface area contributed by atoms with Crippen LogP contribution in [0.15, 0.2) is 36.7 Å². The molecule has 0 unspecified atom stereocenters. The van der Waals surface area contributed by atoms with Crippen LogP contribution >= 0.6 is 0 Å². The summed E-state index contributed by atoms with van der Waals surface area (Å²) in [6.07, 6.45) is 16.5. The van der Waals surface area contributed by atoms with Crippen LogP contribution in [-0.2, 0) is 6.42 Å². The highest BCUT2D eigenvalue weighted by atomic mass is 19.3. The van der Waals surface area contributed by atoms with Gasteiger partial charge in [0.15, 0.2) is 5.82 Å². The summed E-state index contributed by atoms with van der Waals surface area (Å²) < 4.78 is 32.9. The molecule has 0 aliphatic carbocycles. The second-order valence-corrected chi connectivity index (χ2v) is 9.07. The van der Waals surface area contributed by atoms with E-state index in [0.29, 0.717) is 12.2 Å². The van der Waals surface area contributed by atoms with E-state index >= 15 is 0 Å². The van der Waals surface area contributed by atoms with Crippen LogP contribution in [0.1, 0.15) is 109 Å². The van der Waals surface area contributed by atoms with Gasteiger partial charge in [0.25, 0.3) is 0 Å². The normalized spacial score (nSPS) is 11.6. The quantitative estimate of drug-likeness (QED) is 0.208. The standard InChI is InChI=1S/C28H42F2N2O/c1-3-5-7-9-10-11-12-13-14-16-24-22-31-27(32-23-24)25-17-19-26(20-18-25)33-28(29,30)21-15-8-6-4-2/h17-20,22-23H,3-16,21H2,1-2H3. The summed E-state index contributed by atoms with van der Waals surface area (Å²) >= 11 is 0. The van der Waals surface area contributed by atoms with Crippen LogP contribution in [0.3, 0.4) is 0 Å². The number of nitrogens with zero attached hydrogens (tertiary/aromatic N) is 2. The van der Waals surface area contributed by atoms with Gasteiger partial charge in [-0.3, -0.25) is 0 Å². The molecule has 2 aromatic rings. The third kappa shape index (κ3) is 11.6. The van der Waals surface area contributed by atoms with Crippen LogP contribution in [0.5, 0.6) is 5.75 Å². The van der Waals surface area contributed by atoms with Gasteiger partial charge in [-0.25, -0.2) is 9.97 Å². The smallest absolute Gasteiger partial charge is 0.397 e. The van der Waals surface area contributed by atoms with Crippen molar-refractivity contribution in [3.8, 4) is 17.1 Å². The van der Waals surface area contributed by atoms with Crippen LogP contribution in [0.4, 0.5) is 8.78 Å². The van der Waals surface area contributed by atoms with Crippen LogP contribution in [0.25, 0.3) is 11.4 Å². The third-order valence-electron chi connectivity index (χ3n) is 5.98. The van der Waals surface area contributed by atoms with E-state index in [1.807, 2.05) is 12.4 Å². The monoisotopic (exact) mass is 460 g/mol. The molecule has 0 saturated heterocycles. The van der Waals surface area contributed by atoms with Gasteiger partial charge in [-0.05, 0) is 49.1 Å². The molecule has 2 rings (SSSR count). The Hall–Kier alpha value is -2.04. The summed E-state index contributed by atoms with van der Waals surface area (Å²) in [7, 11) is 0. The molecule has 33 heavy (non-hydrogen) atoms. The predicted octanol–water partition coefficient (Wildman–Crippen LogP) is 9.16. The number of aromatic nitrogens is 2. The number of benzene rings is 1. The fourth-order valence-electron chi connectivity index (χ4n) is 3.93. The van der Waals surface area contributed by atoms with Crippen LogP contribution < -0.4 is 4.74 Å². The molecule has 1 aromatic heterocycles. The lowest BCUT2D eigenvalue weighted by Gasteiger charge is -2.18. The highest BCUT2D eigenvalue weighted by Crippen LogP contribution is 2.28. The van der Waals surface area contributed by atoms with Crippen LogP contribution in [0, 0.1) is 0 Å². The maximum absolute atomic E-state index is 14.0. The van der Waals surface area contributed by atoms with Crippen LogP contribution in [-0.4, -0.2) is 16.1 Å². The van der Waals surface area contributed by atoms with E-state index in [-0.39, 0.29) is 12.2 Å². The summed E-state index contributed by atoms with van der Waals surface area (Å²) in [6, 6.07) is 6.60. The molecular formula is C28H42F2N2O. The van der Waals surface area contributed by atoms with E-state index in [1.165, 1.54) is 51.4 Å². The van der Waals surface area contributed by atoms with Gasteiger partial charge in [-0.2, -0.15) is 8.78 Å². The molecule has 3 nitrogen and oxygen atoms in total. The molecular weight excluding hydrogens is 418 g/mol. The molecule has 184 valence electrons. The Morgan fingerprint density at radius 3 is 1.79 bits per heavy atom. The van der Waals surface area contributed by atoms with Gasteiger partial charge in [0.2, 0.25) is 0 Å². The van der Waals surface area contributed by atoms with Crippen molar-refractivity contribution in [3.05, 3.63) is 42.2 Å². The predicted molar refractivity (Wildman–Crippen MR) is 133 cm³/mol. The summed E-state index contributed by atoms with van der Waals surface area (Å²) in [6.45, 7) is 4.31. The topological polar surface area (TPSA) is 35.0 Å². The molecule has 0 radical (unpaired) electrons. The highest BCUT2D eigenvalue weighted by molar-refractivity contribution is 5.55. The summed E-state index contributed by atoms with van der Waals surface area (Å²) in [5.74, 6) is 0.768. The maximum Gasteiger partial charge on any atom is 0.397 e. The summed E-state index contributed by atoms with van der Waals surface area (Å²) in [4.78, 5) is 8.94. The lowest BCUT2D eigenvalue weighted by molar-refractivity contribution is -0.181. The van der Waals surface area contributed by atoms with Crippen molar-refractivity contribution in [1.82, 2.24) is 9.97 Å². The number of alkyl halides is 2. The van der Waals surface area contributed by atoms with Gasteiger partial charge in [0.1, 0.15) is 5.75 Å². The Balaban J connectivity index is 1.71. The lowest BCUT2D eigenvalue weighted by atomic mass is 10.1. The summed E-state index contributed by atoms with van der Waals surface area (Å²) in [5.41, 5.74) is 1.94. The first-order valence-electron chi connectivity index (χ1n) is 13.0. The Bertz CT molecular complexity index is 747. The Morgan fingerprint density at radius 2 is 1.21 bits per heavy atom. The fraction of sp³-hybridized carbons (Fsp3) is 0.643.